The Hall–Kier alpha value is -3.73. The molecule has 0 unspecified atom stereocenters. The lowest BCUT2D eigenvalue weighted by atomic mass is 9.94. The second-order valence-corrected chi connectivity index (χ2v) is 11.8. The normalized spacial score (nSPS) is 14.5. The summed E-state index contributed by atoms with van der Waals surface area (Å²) in [7, 11) is 1.51. The summed E-state index contributed by atoms with van der Waals surface area (Å²) in [6.07, 6.45) is 8.68. The van der Waals surface area contributed by atoms with Gasteiger partial charge in [-0.2, -0.15) is 5.10 Å². The molecule has 0 aliphatic heterocycles. The molecule has 0 bridgehead atoms. The number of aryl methyl sites for hydroxylation is 3. The highest BCUT2D eigenvalue weighted by Crippen LogP contribution is 2.32. The maximum atomic E-state index is 14.1. The molecular weight excluding hydrogens is 533 g/mol. The first-order chi connectivity index (χ1) is 19.1. The van der Waals surface area contributed by atoms with Gasteiger partial charge in [0.15, 0.2) is 0 Å². The van der Waals surface area contributed by atoms with Gasteiger partial charge in [-0.3, -0.25) is 14.2 Å². The van der Waals surface area contributed by atoms with Crippen LogP contribution in [0.5, 0.6) is 5.75 Å². The van der Waals surface area contributed by atoms with Crippen LogP contribution < -0.4 is 21.3 Å². The Kier molecular flexibility index (Phi) is 7.67. The van der Waals surface area contributed by atoms with E-state index in [0.29, 0.717) is 32.1 Å². The van der Waals surface area contributed by atoms with E-state index in [1.807, 2.05) is 6.92 Å². The van der Waals surface area contributed by atoms with Crippen LogP contribution in [0.25, 0.3) is 15.2 Å². The summed E-state index contributed by atoms with van der Waals surface area (Å²) in [5, 5.41) is 8.47. The Morgan fingerprint density at radius 3 is 2.65 bits per heavy atom. The van der Waals surface area contributed by atoms with Gasteiger partial charge >= 0.3 is 5.69 Å². The SMILES string of the molecule is COc1ccc(F)cc1CCn1c(=O)n(C(C)(C)C(=O)NC2CCCCC2)c(=O)c2c(C)c(-n3cccn3)sc21. The molecule has 1 saturated carbocycles. The number of hydrogen-bond acceptors (Lipinski definition) is 6. The summed E-state index contributed by atoms with van der Waals surface area (Å²) in [6, 6.07) is 6.06. The molecular formula is C29H34FN5O4S. The third-order valence-electron chi connectivity index (χ3n) is 7.80. The Labute approximate surface area is 235 Å². The summed E-state index contributed by atoms with van der Waals surface area (Å²) in [6.45, 7) is 5.18. The van der Waals surface area contributed by atoms with Crippen molar-refractivity contribution in [2.75, 3.05) is 7.11 Å². The zero-order valence-electron chi connectivity index (χ0n) is 23.2. The molecule has 3 aromatic heterocycles. The highest BCUT2D eigenvalue weighted by Gasteiger charge is 2.36. The number of amides is 1. The number of fused-ring (bicyclic) bond motifs is 1. The lowest BCUT2D eigenvalue weighted by Gasteiger charge is -2.30. The van der Waals surface area contributed by atoms with Crippen molar-refractivity contribution in [2.24, 2.45) is 0 Å². The van der Waals surface area contributed by atoms with Crippen molar-refractivity contribution in [1.82, 2.24) is 24.2 Å². The third kappa shape index (κ3) is 4.98. The molecule has 9 nitrogen and oxygen atoms in total. The van der Waals surface area contributed by atoms with Crippen LogP contribution >= 0.6 is 11.3 Å². The van der Waals surface area contributed by atoms with Crippen LogP contribution in [0.15, 0.2) is 46.2 Å². The second kappa shape index (κ2) is 11.0. The Balaban J connectivity index is 1.66. The Bertz CT molecular complexity index is 1660. The first-order valence-electron chi connectivity index (χ1n) is 13.6. The average molecular weight is 568 g/mol. The fourth-order valence-electron chi connectivity index (χ4n) is 5.52. The first-order valence-corrected chi connectivity index (χ1v) is 14.4. The molecule has 11 heteroatoms. The van der Waals surface area contributed by atoms with Gasteiger partial charge in [-0.1, -0.05) is 30.6 Å². The number of nitrogens with zero attached hydrogens (tertiary/aromatic N) is 4. The van der Waals surface area contributed by atoms with E-state index in [9.17, 15) is 18.8 Å². The lowest BCUT2D eigenvalue weighted by Crippen LogP contribution is -2.57. The molecule has 1 fully saturated rings. The predicted octanol–water partition coefficient (Wildman–Crippen LogP) is 4.29. The molecule has 0 radical (unpaired) electrons. The number of halogens is 1. The van der Waals surface area contributed by atoms with Crippen molar-refractivity contribution < 1.29 is 13.9 Å². The minimum atomic E-state index is -1.45. The molecule has 0 atom stereocenters. The Morgan fingerprint density at radius 2 is 1.98 bits per heavy atom. The zero-order valence-corrected chi connectivity index (χ0v) is 24.0. The molecule has 1 aliphatic rings. The molecule has 1 N–H and O–H groups in total. The van der Waals surface area contributed by atoms with E-state index >= 15 is 0 Å². The van der Waals surface area contributed by atoms with Crippen molar-refractivity contribution in [3.63, 3.8) is 0 Å². The molecule has 212 valence electrons. The number of aromatic nitrogens is 4. The van der Waals surface area contributed by atoms with Crippen molar-refractivity contribution in [3.05, 3.63) is 74.4 Å². The monoisotopic (exact) mass is 567 g/mol. The number of carbonyl (C=O) groups excluding carboxylic acids is 1. The van der Waals surface area contributed by atoms with Crippen LogP contribution in [0.3, 0.4) is 0 Å². The van der Waals surface area contributed by atoms with Crippen molar-refractivity contribution in [1.29, 1.82) is 0 Å². The molecule has 40 heavy (non-hydrogen) atoms. The maximum absolute atomic E-state index is 14.1. The summed E-state index contributed by atoms with van der Waals surface area (Å²) in [5.74, 6) is -0.269. The molecule has 3 heterocycles. The van der Waals surface area contributed by atoms with Gasteiger partial charge in [-0.05, 0) is 69.9 Å². The van der Waals surface area contributed by atoms with Crippen molar-refractivity contribution in [3.8, 4) is 10.8 Å². The molecule has 4 aromatic rings. The van der Waals surface area contributed by atoms with E-state index in [1.54, 1.807) is 43.1 Å². The fraction of sp³-hybridized carbons (Fsp3) is 0.448. The van der Waals surface area contributed by atoms with Crippen LogP contribution in [0.1, 0.15) is 57.1 Å². The molecule has 1 aromatic carbocycles. The summed E-state index contributed by atoms with van der Waals surface area (Å²) in [5.41, 5.74) is -1.29. The lowest BCUT2D eigenvalue weighted by molar-refractivity contribution is -0.129. The number of carbonyl (C=O) groups is 1. The number of rotatable bonds is 8. The number of ether oxygens (including phenoxy) is 1. The second-order valence-electron chi connectivity index (χ2n) is 10.8. The standard InChI is InChI=1S/C29H34FN5O4S/c1-18-23-24(36)35(29(2,3)27(37)32-21-9-6-5-7-10-21)28(38)33(26(23)40-25(18)34-15-8-14-31-34)16-13-19-17-20(30)11-12-22(19)39-4/h8,11-12,14-15,17,21H,5-7,9-10,13,16H2,1-4H3,(H,32,37). The van der Waals surface area contributed by atoms with Gasteiger partial charge in [0.25, 0.3) is 5.56 Å². The van der Waals surface area contributed by atoms with Crippen LogP contribution in [-0.4, -0.2) is 38.0 Å². The highest BCUT2D eigenvalue weighted by molar-refractivity contribution is 7.21. The van der Waals surface area contributed by atoms with Gasteiger partial charge in [0.1, 0.15) is 26.9 Å². The third-order valence-corrected chi connectivity index (χ3v) is 9.11. The van der Waals surface area contributed by atoms with Gasteiger partial charge in [0.2, 0.25) is 5.91 Å². The van der Waals surface area contributed by atoms with Gasteiger partial charge in [0, 0.05) is 30.5 Å². The van der Waals surface area contributed by atoms with Gasteiger partial charge in [-0.25, -0.2) is 18.4 Å². The largest absolute Gasteiger partial charge is 0.496 e. The number of nitrogens with one attached hydrogen (secondary N) is 1. The topological polar surface area (TPSA) is 100 Å². The summed E-state index contributed by atoms with van der Waals surface area (Å²) >= 11 is 1.29. The predicted molar refractivity (Wildman–Crippen MR) is 153 cm³/mol. The summed E-state index contributed by atoms with van der Waals surface area (Å²) in [4.78, 5) is 42.2. The first kappa shape index (κ1) is 27.8. The van der Waals surface area contributed by atoms with Gasteiger partial charge in [0.05, 0.1) is 12.5 Å². The quantitative estimate of drug-likeness (QED) is 0.342. The van der Waals surface area contributed by atoms with Gasteiger partial charge < -0.3 is 10.1 Å². The molecule has 0 spiro atoms. The maximum Gasteiger partial charge on any atom is 0.333 e. The molecule has 5 rings (SSSR count). The van der Waals surface area contributed by atoms with Crippen LogP contribution in [-0.2, 0) is 23.3 Å². The Morgan fingerprint density at radius 1 is 1.23 bits per heavy atom. The number of hydrogen-bond donors (Lipinski definition) is 1. The van der Waals surface area contributed by atoms with E-state index < -0.39 is 22.6 Å². The van der Waals surface area contributed by atoms with Gasteiger partial charge in [-0.15, -0.1) is 0 Å². The minimum absolute atomic E-state index is 0.0249. The number of benzene rings is 1. The zero-order chi connectivity index (χ0) is 28.6. The van der Waals surface area contributed by atoms with E-state index in [0.717, 1.165) is 36.7 Å². The number of thiophene rings is 1. The highest BCUT2D eigenvalue weighted by atomic mass is 32.1. The smallest absolute Gasteiger partial charge is 0.333 e. The van der Waals surface area contributed by atoms with E-state index in [4.69, 9.17) is 4.74 Å². The molecule has 1 aliphatic carbocycles. The fourth-order valence-corrected chi connectivity index (χ4v) is 6.78. The molecule has 1 amide bonds. The van der Waals surface area contributed by atoms with Crippen molar-refractivity contribution >= 4 is 27.5 Å². The van der Waals surface area contributed by atoms with E-state index in [2.05, 4.69) is 10.4 Å². The molecule has 0 saturated heterocycles. The average Bonchev–Trinajstić information content (AvgIpc) is 3.57. The minimum Gasteiger partial charge on any atom is -0.496 e. The summed E-state index contributed by atoms with van der Waals surface area (Å²) < 4.78 is 23.7. The van der Waals surface area contributed by atoms with Crippen LogP contribution in [0, 0.1) is 12.7 Å². The van der Waals surface area contributed by atoms with Crippen LogP contribution in [0.2, 0.25) is 0 Å². The van der Waals surface area contributed by atoms with E-state index in [1.165, 1.54) is 35.1 Å². The number of methoxy groups -OCH3 is 1. The van der Waals surface area contributed by atoms with E-state index in [-0.39, 0.29) is 24.9 Å². The van der Waals surface area contributed by atoms with Crippen LogP contribution in [0.4, 0.5) is 4.39 Å². The van der Waals surface area contributed by atoms with Crippen molar-refractivity contribution in [2.45, 2.75) is 77.4 Å².